The van der Waals surface area contributed by atoms with Crippen LogP contribution in [-0.4, -0.2) is 34.0 Å². The van der Waals surface area contributed by atoms with Crippen LogP contribution in [0, 0.1) is 34.0 Å². The maximum atomic E-state index is 12.8. The summed E-state index contributed by atoms with van der Waals surface area (Å²) in [5, 5.41) is 21.4. The van der Waals surface area contributed by atoms with E-state index in [2.05, 4.69) is 11.4 Å². The fourth-order valence-corrected chi connectivity index (χ4v) is 4.22. The summed E-state index contributed by atoms with van der Waals surface area (Å²) in [6.45, 7) is 13.0. The summed E-state index contributed by atoms with van der Waals surface area (Å²) in [7, 11) is 0. The topological polar surface area (TPSA) is 97.0 Å². The van der Waals surface area contributed by atoms with Crippen molar-refractivity contribution in [3.63, 3.8) is 0 Å². The van der Waals surface area contributed by atoms with Crippen LogP contribution in [0.3, 0.4) is 0 Å². The van der Waals surface area contributed by atoms with E-state index in [4.69, 9.17) is 0 Å². The molecule has 0 unspecified atom stereocenters. The third-order valence-corrected chi connectivity index (χ3v) is 5.44. The molecule has 1 aliphatic heterocycles. The standard InChI is InChI=1S/C18H26N4O2S/c1-10(2)22(11(3)4)17(24)12(5)25-16-14(9-20)18(6,7)13(8-19)15(23)21-16/h10-13H,1-7H3,(H,21,23)/t12-,13+/m0/s1. The number of carbonyl (C=O) groups is 2. The van der Waals surface area contributed by atoms with Gasteiger partial charge in [0.05, 0.1) is 28.0 Å². The summed E-state index contributed by atoms with van der Waals surface area (Å²) in [5.74, 6) is -1.41. The first kappa shape index (κ1) is 21.1. The lowest BCUT2D eigenvalue weighted by atomic mass is 9.72. The van der Waals surface area contributed by atoms with E-state index in [1.807, 2.05) is 33.8 Å². The number of carbonyl (C=O) groups excluding carboxylic acids is 2. The molecule has 7 heteroatoms. The number of amides is 2. The maximum Gasteiger partial charge on any atom is 0.243 e. The van der Waals surface area contributed by atoms with Gasteiger partial charge in [-0.2, -0.15) is 10.5 Å². The molecule has 0 saturated heterocycles. The maximum absolute atomic E-state index is 12.8. The molecule has 0 aromatic heterocycles. The summed E-state index contributed by atoms with van der Waals surface area (Å²) in [6.07, 6.45) is 0. The fraction of sp³-hybridized carbons (Fsp3) is 0.667. The van der Waals surface area contributed by atoms with E-state index in [1.165, 1.54) is 11.8 Å². The normalized spacial score (nSPS) is 20.8. The Morgan fingerprint density at radius 1 is 1.20 bits per heavy atom. The van der Waals surface area contributed by atoms with E-state index < -0.39 is 22.5 Å². The van der Waals surface area contributed by atoms with Gasteiger partial charge in [0.2, 0.25) is 11.8 Å². The smallest absolute Gasteiger partial charge is 0.243 e. The van der Waals surface area contributed by atoms with Gasteiger partial charge in [0.1, 0.15) is 5.92 Å². The van der Waals surface area contributed by atoms with E-state index >= 15 is 0 Å². The molecule has 0 saturated carbocycles. The number of allylic oxidation sites excluding steroid dienone is 1. The lowest BCUT2D eigenvalue weighted by molar-refractivity contribution is -0.134. The molecular weight excluding hydrogens is 336 g/mol. The van der Waals surface area contributed by atoms with Crippen LogP contribution in [0.25, 0.3) is 0 Å². The monoisotopic (exact) mass is 362 g/mol. The number of thioether (sulfide) groups is 1. The number of nitrogens with one attached hydrogen (secondary N) is 1. The van der Waals surface area contributed by atoms with Crippen LogP contribution in [0.5, 0.6) is 0 Å². The molecule has 0 aromatic carbocycles. The Kier molecular flexibility index (Phi) is 6.68. The predicted octanol–water partition coefficient (Wildman–Crippen LogP) is 2.78. The van der Waals surface area contributed by atoms with Gasteiger partial charge in [0, 0.05) is 17.5 Å². The highest BCUT2D eigenvalue weighted by Gasteiger charge is 2.45. The Bertz CT molecular complexity index is 660. The molecule has 0 aromatic rings. The van der Waals surface area contributed by atoms with Crippen molar-refractivity contribution in [2.45, 2.75) is 65.8 Å². The minimum Gasteiger partial charge on any atom is -0.337 e. The summed E-state index contributed by atoms with van der Waals surface area (Å²) < 4.78 is 0. The molecule has 2 atom stereocenters. The van der Waals surface area contributed by atoms with Gasteiger partial charge in [-0.1, -0.05) is 25.6 Å². The average Bonchev–Trinajstić information content (AvgIpc) is 2.45. The zero-order valence-electron chi connectivity index (χ0n) is 15.9. The van der Waals surface area contributed by atoms with Crippen molar-refractivity contribution in [2.24, 2.45) is 11.3 Å². The Morgan fingerprint density at radius 2 is 1.72 bits per heavy atom. The second kappa shape index (κ2) is 7.93. The van der Waals surface area contributed by atoms with Crippen molar-refractivity contribution in [2.75, 3.05) is 0 Å². The van der Waals surface area contributed by atoms with Crippen LogP contribution >= 0.6 is 11.8 Å². The third kappa shape index (κ3) is 4.16. The van der Waals surface area contributed by atoms with Gasteiger partial charge in [0.15, 0.2) is 0 Å². The summed E-state index contributed by atoms with van der Waals surface area (Å²) in [6, 6.07) is 4.20. The van der Waals surface area contributed by atoms with E-state index in [-0.39, 0.29) is 18.0 Å². The van der Waals surface area contributed by atoms with Gasteiger partial charge in [-0.05, 0) is 34.6 Å². The third-order valence-electron chi connectivity index (χ3n) is 4.34. The van der Waals surface area contributed by atoms with Crippen LogP contribution in [0.1, 0.15) is 48.5 Å². The number of nitrogens with zero attached hydrogens (tertiary/aromatic N) is 3. The molecule has 0 spiro atoms. The Hall–Kier alpha value is -1.99. The van der Waals surface area contributed by atoms with E-state index in [0.717, 1.165) is 0 Å². The second-order valence-electron chi connectivity index (χ2n) is 7.28. The molecule has 0 radical (unpaired) electrons. The summed E-state index contributed by atoms with van der Waals surface area (Å²) in [4.78, 5) is 26.8. The minimum absolute atomic E-state index is 0.0470. The van der Waals surface area contributed by atoms with Gasteiger partial charge < -0.3 is 10.2 Å². The van der Waals surface area contributed by atoms with Gasteiger partial charge in [0.25, 0.3) is 0 Å². The SMILES string of the molecule is CC(C)N(C(=O)[C@H](C)SC1=C(C#N)C(C)(C)[C@H](C#N)C(=O)N1)C(C)C. The average molecular weight is 362 g/mol. The molecule has 1 aliphatic rings. The second-order valence-corrected chi connectivity index (χ2v) is 8.63. The van der Waals surface area contributed by atoms with Crippen molar-refractivity contribution in [3.05, 3.63) is 10.6 Å². The van der Waals surface area contributed by atoms with Crippen LogP contribution in [0.4, 0.5) is 0 Å². The summed E-state index contributed by atoms with van der Waals surface area (Å²) in [5.41, 5.74) is -0.559. The summed E-state index contributed by atoms with van der Waals surface area (Å²) >= 11 is 1.17. The van der Waals surface area contributed by atoms with Crippen LogP contribution in [-0.2, 0) is 9.59 Å². The molecule has 1 N–H and O–H groups in total. The zero-order chi connectivity index (χ0) is 19.5. The molecule has 25 heavy (non-hydrogen) atoms. The molecule has 2 amide bonds. The van der Waals surface area contributed by atoms with Gasteiger partial charge in [-0.15, -0.1) is 0 Å². The highest BCUT2D eigenvalue weighted by atomic mass is 32.2. The highest BCUT2D eigenvalue weighted by molar-refractivity contribution is 8.04. The first-order valence-electron chi connectivity index (χ1n) is 8.33. The van der Waals surface area contributed by atoms with Gasteiger partial charge in [-0.3, -0.25) is 9.59 Å². The Labute approximate surface area is 154 Å². The molecule has 0 aliphatic carbocycles. The molecule has 0 bridgehead atoms. The van der Waals surface area contributed by atoms with E-state index in [0.29, 0.717) is 10.6 Å². The van der Waals surface area contributed by atoms with Crippen LogP contribution in [0.15, 0.2) is 10.6 Å². The zero-order valence-corrected chi connectivity index (χ0v) is 16.7. The lowest BCUT2D eigenvalue weighted by Crippen LogP contribution is -2.47. The van der Waals surface area contributed by atoms with Gasteiger partial charge in [-0.25, -0.2) is 0 Å². The highest BCUT2D eigenvalue weighted by Crippen LogP contribution is 2.42. The van der Waals surface area contributed by atoms with Crippen LogP contribution < -0.4 is 5.32 Å². The number of rotatable bonds is 5. The largest absolute Gasteiger partial charge is 0.337 e. The number of nitriles is 2. The van der Waals surface area contributed by atoms with Crippen molar-refractivity contribution >= 4 is 23.6 Å². The number of hydrogen-bond acceptors (Lipinski definition) is 5. The van der Waals surface area contributed by atoms with Gasteiger partial charge >= 0.3 is 0 Å². The first-order valence-corrected chi connectivity index (χ1v) is 9.21. The molecular formula is C18H26N4O2S. The molecule has 0 fully saturated rings. The van der Waals surface area contributed by atoms with E-state index in [9.17, 15) is 20.1 Å². The quantitative estimate of drug-likeness (QED) is 0.811. The lowest BCUT2D eigenvalue weighted by Gasteiger charge is -2.36. The molecule has 1 heterocycles. The minimum atomic E-state index is -0.930. The Balaban J connectivity index is 3.18. The van der Waals surface area contributed by atoms with Crippen molar-refractivity contribution < 1.29 is 9.59 Å². The van der Waals surface area contributed by atoms with Crippen molar-refractivity contribution in [1.29, 1.82) is 10.5 Å². The number of hydrogen-bond donors (Lipinski definition) is 1. The van der Waals surface area contributed by atoms with Crippen molar-refractivity contribution in [1.82, 2.24) is 10.2 Å². The molecule has 6 nitrogen and oxygen atoms in total. The van der Waals surface area contributed by atoms with Crippen LogP contribution in [0.2, 0.25) is 0 Å². The Morgan fingerprint density at radius 3 is 2.12 bits per heavy atom. The molecule has 136 valence electrons. The first-order chi connectivity index (χ1) is 11.5. The van der Waals surface area contributed by atoms with E-state index in [1.54, 1.807) is 25.7 Å². The fourth-order valence-electron chi connectivity index (χ4n) is 3.06. The van der Waals surface area contributed by atoms with Crippen molar-refractivity contribution in [3.8, 4) is 12.1 Å². The predicted molar refractivity (Wildman–Crippen MR) is 97.8 cm³/mol. The molecule has 1 rings (SSSR count).